The van der Waals surface area contributed by atoms with Gasteiger partial charge in [0, 0.05) is 6.07 Å². The van der Waals surface area contributed by atoms with Crippen LogP contribution in [0.15, 0.2) is 6.07 Å². The summed E-state index contributed by atoms with van der Waals surface area (Å²) in [5.41, 5.74) is -1.42. The number of nitrogens with zero attached hydrogens (tertiary/aromatic N) is 1. The Kier molecular flexibility index (Phi) is 4.55. The zero-order valence-electron chi connectivity index (χ0n) is 8.89. The molecule has 0 amide bonds. The van der Waals surface area contributed by atoms with Gasteiger partial charge in [0.05, 0.1) is 24.2 Å². The molecule has 0 N–H and O–H groups in total. The molecule has 0 atom stereocenters. The molecule has 0 bridgehead atoms. The number of aromatic nitrogens is 1. The van der Waals surface area contributed by atoms with Gasteiger partial charge in [0.15, 0.2) is 0 Å². The summed E-state index contributed by atoms with van der Waals surface area (Å²) in [5.74, 6) is -1.86. The van der Waals surface area contributed by atoms with E-state index in [1.54, 1.807) is 0 Å². The van der Waals surface area contributed by atoms with Crippen LogP contribution in [0.3, 0.4) is 0 Å². The van der Waals surface area contributed by atoms with Crippen LogP contribution in [-0.4, -0.2) is 18.5 Å². The fraction of sp³-hybridized carbons (Fsp3) is 0.444. The Balaban J connectivity index is 3.34. The van der Waals surface area contributed by atoms with Gasteiger partial charge in [-0.2, -0.15) is 0 Å². The van der Waals surface area contributed by atoms with E-state index in [-0.39, 0.29) is 5.88 Å². The Morgan fingerprint density at radius 2 is 2.00 bits per heavy atom. The third-order valence-electron chi connectivity index (χ3n) is 1.86. The maximum Gasteiger partial charge on any atom is 0.573 e. The van der Waals surface area contributed by atoms with Gasteiger partial charge in [-0.1, -0.05) is 0 Å². The summed E-state index contributed by atoms with van der Waals surface area (Å²) in [6.07, 6.45) is -8.30. The van der Waals surface area contributed by atoms with Crippen LogP contribution in [0, 0.1) is 0 Å². The number of rotatable bonds is 4. The van der Waals surface area contributed by atoms with Crippen molar-refractivity contribution in [2.45, 2.75) is 18.7 Å². The highest BCUT2D eigenvalue weighted by atomic mass is 35.5. The third kappa shape index (κ3) is 3.59. The minimum Gasteiger partial charge on any atom is -0.481 e. The van der Waals surface area contributed by atoms with Gasteiger partial charge in [0.1, 0.15) is 5.75 Å². The molecule has 0 fully saturated rings. The molecule has 0 aromatic carbocycles. The second-order valence-electron chi connectivity index (χ2n) is 3.01. The lowest BCUT2D eigenvalue weighted by molar-refractivity contribution is -0.275. The first kappa shape index (κ1) is 14.7. The van der Waals surface area contributed by atoms with Crippen molar-refractivity contribution in [2.24, 2.45) is 0 Å². The lowest BCUT2D eigenvalue weighted by atomic mass is 10.2. The van der Waals surface area contributed by atoms with Crippen molar-refractivity contribution in [3.8, 4) is 11.6 Å². The van der Waals surface area contributed by atoms with E-state index in [1.807, 2.05) is 0 Å². The Bertz CT molecular complexity index is 424. The largest absolute Gasteiger partial charge is 0.573 e. The number of methoxy groups -OCH3 is 1. The van der Waals surface area contributed by atoms with Crippen molar-refractivity contribution >= 4 is 11.6 Å². The number of hydrogen-bond acceptors (Lipinski definition) is 3. The van der Waals surface area contributed by atoms with E-state index < -0.39 is 35.7 Å². The average Bonchev–Trinajstić information content (AvgIpc) is 2.25. The first-order valence-electron chi connectivity index (χ1n) is 4.46. The lowest BCUT2D eigenvalue weighted by Crippen LogP contribution is -2.19. The molecule has 0 radical (unpaired) electrons. The molecule has 1 rings (SSSR count). The topological polar surface area (TPSA) is 31.4 Å². The summed E-state index contributed by atoms with van der Waals surface area (Å²) in [5, 5.41) is 0. The zero-order valence-corrected chi connectivity index (χ0v) is 9.65. The highest BCUT2D eigenvalue weighted by Crippen LogP contribution is 2.37. The van der Waals surface area contributed by atoms with Crippen molar-refractivity contribution < 1.29 is 31.4 Å². The van der Waals surface area contributed by atoms with Gasteiger partial charge in [0.2, 0.25) is 5.88 Å². The Morgan fingerprint density at radius 3 is 2.39 bits per heavy atom. The summed E-state index contributed by atoms with van der Waals surface area (Å²) >= 11 is 5.36. The third-order valence-corrected chi connectivity index (χ3v) is 2.11. The quantitative estimate of drug-likeness (QED) is 0.626. The van der Waals surface area contributed by atoms with Crippen molar-refractivity contribution in [1.29, 1.82) is 0 Å². The number of pyridine rings is 1. The monoisotopic (exact) mass is 291 g/mol. The second kappa shape index (κ2) is 5.55. The van der Waals surface area contributed by atoms with E-state index in [1.165, 1.54) is 0 Å². The van der Waals surface area contributed by atoms with E-state index in [9.17, 15) is 22.0 Å². The summed E-state index contributed by atoms with van der Waals surface area (Å²) in [6, 6.07) is 0.630. The van der Waals surface area contributed by atoms with Crippen LogP contribution >= 0.6 is 11.6 Å². The molecular formula is C9H7ClF5NO2. The van der Waals surface area contributed by atoms with E-state index in [0.29, 0.717) is 6.07 Å². The molecule has 1 aromatic heterocycles. The van der Waals surface area contributed by atoms with Crippen molar-refractivity contribution in [3.05, 3.63) is 17.3 Å². The standard InChI is InChI=1S/C9H7ClF5NO2/c1-17-6-2-5(18-9(13,14)15)7(8(11)12)4(3-10)16-6/h2,8H,3H2,1H3. The van der Waals surface area contributed by atoms with Crippen LogP contribution in [0.2, 0.25) is 0 Å². The molecule has 18 heavy (non-hydrogen) atoms. The summed E-state index contributed by atoms with van der Waals surface area (Å²) in [6.45, 7) is 0. The maximum atomic E-state index is 12.7. The van der Waals surface area contributed by atoms with Crippen LogP contribution in [-0.2, 0) is 5.88 Å². The van der Waals surface area contributed by atoms with Crippen molar-refractivity contribution in [2.75, 3.05) is 7.11 Å². The minimum absolute atomic E-state index is 0.297. The molecular weight excluding hydrogens is 285 g/mol. The van der Waals surface area contributed by atoms with Gasteiger partial charge in [-0.25, -0.2) is 13.8 Å². The molecule has 0 saturated carbocycles. The smallest absolute Gasteiger partial charge is 0.481 e. The van der Waals surface area contributed by atoms with E-state index in [0.717, 1.165) is 7.11 Å². The molecule has 1 heterocycles. The van der Waals surface area contributed by atoms with Crippen LogP contribution in [0.4, 0.5) is 22.0 Å². The zero-order chi connectivity index (χ0) is 13.9. The van der Waals surface area contributed by atoms with E-state index >= 15 is 0 Å². The highest BCUT2D eigenvalue weighted by molar-refractivity contribution is 6.17. The Hall–Kier alpha value is -1.31. The van der Waals surface area contributed by atoms with Gasteiger partial charge >= 0.3 is 6.36 Å². The van der Waals surface area contributed by atoms with Crippen LogP contribution in [0.25, 0.3) is 0 Å². The van der Waals surface area contributed by atoms with Crippen molar-refractivity contribution in [1.82, 2.24) is 4.98 Å². The number of hydrogen-bond donors (Lipinski definition) is 0. The fourth-order valence-electron chi connectivity index (χ4n) is 1.21. The molecule has 1 aromatic rings. The molecule has 102 valence electrons. The van der Waals surface area contributed by atoms with Crippen molar-refractivity contribution in [3.63, 3.8) is 0 Å². The SMILES string of the molecule is COc1cc(OC(F)(F)F)c(C(F)F)c(CCl)n1. The fourth-order valence-corrected chi connectivity index (χ4v) is 1.41. The number of alkyl halides is 6. The summed E-state index contributed by atoms with van der Waals surface area (Å²) < 4.78 is 69.8. The predicted octanol–water partition coefficient (Wildman–Crippen LogP) is 3.67. The Labute approximate surface area is 103 Å². The van der Waals surface area contributed by atoms with Gasteiger partial charge < -0.3 is 9.47 Å². The van der Waals surface area contributed by atoms with E-state index in [4.69, 9.17) is 11.6 Å². The van der Waals surface area contributed by atoms with Gasteiger partial charge in [-0.05, 0) is 0 Å². The van der Waals surface area contributed by atoms with Gasteiger partial charge in [-0.15, -0.1) is 24.8 Å². The summed E-state index contributed by atoms with van der Waals surface area (Å²) in [4.78, 5) is 3.54. The first-order chi connectivity index (χ1) is 8.28. The minimum atomic E-state index is -5.10. The van der Waals surface area contributed by atoms with Crippen LogP contribution < -0.4 is 9.47 Å². The molecule has 9 heteroatoms. The number of halogens is 6. The van der Waals surface area contributed by atoms with Gasteiger partial charge in [0.25, 0.3) is 6.43 Å². The van der Waals surface area contributed by atoms with Crippen LogP contribution in [0.1, 0.15) is 17.7 Å². The lowest BCUT2D eigenvalue weighted by Gasteiger charge is -2.16. The highest BCUT2D eigenvalue weighted by Gasteiger charge is 2.34. The van der Waals surface area contributed by atoms with E-state index in [2.05, 4.69) is 14.5 Å². The molecule has 0 spiro atoms. The first-order valence-corrected chi connectivity index (χ1v) is 4.99. The molecule has 3 nitrogen and oxygen atoms in total. The molecule has 0 aliphatic rings. The molecule has 0 unspecified atom stereocenters. The molecule has 0 aliphatic heterocycles. The normalized spacial score (nSPS) is 11.8. The van der Waals surface area contributed by atoms with Gasteiger partial charge in [-0.3, -0.25) is 0 Å². The Morgan fingerprint density at radius 1 is 1.39 bits per heavy atom. The maximum absolute atomic E-state index is 12.7. The molecule has 0 saturated heterocycles. The number of ether oxygens (including phenoxy) is 2. The van der Waals surface area contributed by atoms with Crippen LogP contribution in [0.5, 0.6) is 11.6 Å². The summed E-state index contributed by atoms with van der Waals surface area (Å²) in [7, 11) is 1.12. The second-order valence-corrected chi connectivity index (χ2v) is 3.27. The predicted molar refractivity (Wildman–Crippen MR) is 52.0 cm³/mol. The molecule has 0 aliphatic carbocycles. The average molecular weight is 292 g/mol.